The number of hydrogen-bond donors (Lipinski definition) is 0. The molecule has 1 aromatic carbocycles. The average Bonchev–Trinajstić information content (AvgIpc) is 2.76. The zero-order valence-corrected chi connectivity index (χ0v) is 10.7. The number of fused-ring (bicyclic) bond motifs is 1. The highest BCUT2D eigenvalue weighted by atomic mass is 79.9. The number of ether oxygens (including phenoxy) is 2. The Kier molecular flexibility index (Phi) is 2.34. The first-order valence-corrected chi connectivity index (χ1v) is 5.86. The molecule has 1 aliphatic heterocycles. The van der Waals surface area contributed by atoms with Crippen molar-refractivity contribution >= 4 is 15.9 Å². The Morgan fingerprint density at radius 2 is 2.00 bits per heavy atom. The molecule has 0 fully saturated rings. The van der Waals surface area contributed by atoms with Crippen molar-refractivity contribution in [1.29, 1.82) is 0 Å². The molecule has 0 N–H and O–H groups in total. The third-order valence-corrected chi connectivity index (χ3v) is 3.27. The average molecular weight is 317 g/mol. The first kappa shape index (κ1) is 11.5. The largest absolute Gasteiger partial charge is 0.586 e. The normalized spacial score (nSPS) is 16.0. The summed E-state index contributed by atoms with van der Waals surface area (Å²) >= 11 is 3.29. The van der Waals surface area contributed by atoms with E-state index in [1.807, 2.05) is 6.92 Å². The number of benzene rings is 1. The van der Waals surface area contributed by atoms with E-state index >= 15 is 0 Å². The standard InChI is InChI=1S/C11H7BrF2N2O2/c1-6-5-16(15-10(6)12)7-2-3-8-9(4-7)18-11(13,14)17-8/h2-5H,1H3. The van der Waals surface area contributed by atoms with E-state index in [-0.39, 0.29) is 11.5 Å². The molecule has 18 heavy (non-hydrogen) atoms. The lowest BCUT2D eigenvalue weighted by Crippen LogP contribution is -2.25. The Morgan fingerprint density at radius 3 is 2.67 bits per heavy atom. The molecule has 0 spiro atoms. The molecule has 1 aromatic heterocycles. The Hall–Kier alpha value is -1.63. The Balaban J connectivity index is 2.02. The molecule has 0 amide bonds. The van der Waals surface area contributed by atoms with Gasteiger partial charge in [-0.25, -0.2) is 4.68 Å². The number of halogens is 3. The summed E-state index contributed by atoms with van der Waals surface area (Å²) in [5.74, 6) is 0.0217. The Bertz CT molecular complexity index is 608. The highest BCUT2D eigenvalue weighted by Gasteiger charge is 2.43. The molecule has 3 rings (SSSR count). The van der Waals surface area contributed by atoms with Gasteiger partial charge in [0.1, 0.15) is 4.60 Å². The summed E-state index contributed by atoms with van der Waals surface area (Å²) in [6, 6.07) is 4.51. The van der Waals surface area contributed by atoms with E-state index < -0.39 is 6.29 Å². The molecule has 7 heteroatoms. The summed E-state index contributed by atoms with van der Waals surface area (Å²) in [5.41, 5.74) is 1.56. The third-order valence-electron chi connectivity index (χ3n) is 2.49. The minimum Gasteiger partial charge on any atom is -0.395 e. The second kappa shape index (κ2) is 3.68. The molecular formula is C11H7BrF2N2O2. The van der Waals surface area contributed by atoms with Crippen molar-refractivity contribution in [1.82, 2.24) is 9.78 Å². The number of rotatable bonds is 1. The van der Waals surface area contributed by atoms with E-state index in [1.165, 1.54) is 12.1 Å². The van der Waals surface area contributed by atoms with Crippen LogP contribution in [0.4, 0.5) is 8.78 Å². The van der Waals surface area contributed by atoms with Crippen LogP contribution in [-0.2, 0) is 0 Å². The molecule has 1 aliphatic rings. The van der Waals surface area contributed by atoms with Crippen molar-refractivity contribution in [2.75, 3.05) is 0 Å². The van der Waals surface area contributed by atoms with E-state index in [0.717, 1.165) is 5.56 Å². The van der Waals surface area contributed by atoms with Crippen molar-refractivity contribution in [2.45, 2.75) is 13.2 Å². The quantitative estimate of drug-likeness (QED) is 0.810. The van der Waals surface area contributed by atoms with E-state index in [1.54, 1.807) is 16.9 Å². The summed E-state index contributed by atoms with van der Waals surface area (Å²) < 4.78 is 36.7. The predicted molar refractivity (Wildman–Crippen MR) is 62.2 cm³/mol. The summed E-state index contributed by atoms with van der Waals surface area (Å²) in [6.07, 6.45) is -1.82. The molecule has 0 radical (unpaired) electrons. The SMILES string of the molecule is Cc1cn(-c2ccc3c(c2)OC(F)(F)O3)nc1Br. The van der Waals surface area contributed by atoms with Gasteiger partial charge in [0, 0.05) is 17.8 Å². The van der Waals surface area contributed by atoms with Gasteiger partial charge in [-0.15, -0.1) is 8.78 Å². The first-order chi connectivity index (χ1) is 8.44. The van der Waals surface area contributed by atoms with Gasteiger partial charge in [-0.1, -0.05) is 0 Å². The van der Waals surface area contributed by atoms with Crippen molar-refractivity contribution < 1.29 is 18.3 Å². The van der Waals surface area contributed by atoms with Crippen molar-refractivity contribution in [3.05, 3.63) is 34.6 Å². The maximum atomic E-state index is 12.9. The fourth-order valence-corrected chi connectivity index (χ4v) is 1.92. The van der Waals surface area contributed by atoms with Gasteiger partial charge in [0.2, 0.25) is 0 Å². The summed E-state index contributed by atoms with van der Waals surface area (Å²) in [7, 11) is 0. The van der Waals surface area contributed by atoms with Crippen molar-refractivity contribution in [3.63, 3.8) is 0 Å². The molecule has 94 valence electrons. The minimum atomic E-state index is -3.60. The fraction of sp³-hybridized carbons (Fsp3) is 0.182. The molecule has 0 unspecified atom stereocenters. The third kappa shape index (κ3) is 1.84. The van der Waals surface area contributed by atoms with Crippen LogP contribution in [0.3, 0.4) is 0 Å². The van der Waals surface area contributed by atoms with Crippen LogP contribution in [0.5, 0.6) is 11.5 Å². The highest BCUT2D eigenvalue weighted by molar-refractivity contribution is 9.10. The van der Waals surface area contributed by atoms with E-state index in [4.69, 9.17) is 0 Å². The van der Waals surface area contributed by atoms with Crippen molar-refractivity contribution in [2.24, 2.45) is 0 Å². The van der Waals surface area contributed by atoms with Gasteiger partial charge >= 0.3 is 6.29 Å². The van der Waals surface area contributed by atoms with Crippen LogP contribution in [-0.4, -0.2) is 16.1 Å². The topological polar surface area (TPSA) is 36.3 Å². The minimum absolute atomic E-state index is 0.00164. The lowest BCUT2D eigenvalue weighted by molar-refractivity contribution is -0.286. The van der Waals surface area contributed by atoms with Gasteiger partial charge in [-0.3, -0.25) is 0 Å². The van der Waals surface area contributed by atoms with Crippen LogP contribution in [0.15, 0.2) is 29.0 Å². The smallest absolute Gasteiger partial charge is 0.395 e. The predicted octanol–water partition coefficient (Wildman–Crippen LogP) is 3.26. The first-order valence-electron chi connectivity index (χ1n) is 5.07. The zero-order valence-electron chi connectivity index (χ0n) is 9.15. The number of nitrogens with zero attached hydrogens (tertiary/aromatic N) is 2. The molecule has 0 saturated heterocycles. The maximum absolute atomic E-state index is 12.9. The number of alkyl halides is 2. The fourth-order valence-electron chi connectivity index (χ4n) is 1.65. The maximum Gasteiger partial charge on any atom is 0.586 e. The van der Waals surface area contributed by atoms with E-state index in [0.29, 0.717) is 10.3 Å². The molecule has 0 saturated carbocycles. The summed E-state index contributed by atoms with van der Waals surface area (Å²) in [5, 5.41) is 4.19. The van der Waals surface area contributed by atoms with E-state index in [9.17, 15) is 8.78 Å². The van der Waals surface area contributed by atoms with Gasteiger partial charge in [0.05, 0.1) is 5.69 Å². The van der Waals surface area contributed by atoms with Crippen LogP contribution >= 0.6 is 15.9 Å². The van der Waals surface area contributed by atoms with Crippen LogP contribution in [0.1, 0.15) is 5.56 Å². The van der Waals surface area contributed by atoms with Gasteiger partial charge < -0.3 is 9.47 Å². The molecule has 2 aromatic rings. The van der Waals surface area contributed by atoms with Crippen LogP contribution in [0.25, 0.3) is 5.69 Å². The summed E-state index contributed by atoms with van der Waals surface area (Å²) in [4.78, 5) is 0. The highest BCUT2D eigenvalue weighted by Crippen LogP contribution is 2.41. The van der Waals surface area contributed by atoms with Crippen LogP contribution < -0.4 is 9.47 Å². The Labute approximate surface area is 109 Å². The van der Waals surface area contributed by atoms with Gasteiger partial charge in [-0.2, -0.15) is 5.10 Å². The second-order valence-electron chi connectivity index (χ2n) is 3.85. The zero-order chi connectivity index (χ0) is 12.9. The number of hydrogen-bond acceptors (Lipinski definition) is 3. The lowest BCUT2D eigenvalue weighted by atomic mass is 10.3. The van der Waals surface area contributed by atoms with Gasteiger partial charge in [0.25, 0.3) is 0 Å². The van der Waals surface area contributed by atoms with Crippen LogP contribution in [0, 0.1) is 6.92 Å². The van der Waals surface area contributed by atoms with Gasteiger partial charge in [0.15, 0.2) is 11.5 Å². The van der Waals surface area contributed by atoms with Crippen molar-refractivity contribution in [3.8, 4) is 17.2 Å². The number of aryl methyl sites for hydroxylation is 1. The Morgan fingerprint density at radius 1 is 1.28 bits per heavy atom. The molecule has 4 nitrogen and oxygen atoms in total. The molecular weight excluding hydrogens is 310 g/mol. The molecule has 0 atom stereocenters. The number of aromatic nitrogens is 2. The summed E-state index contributed by atoms with van der Waals surface area (Å²) in [6.45, 7) is 1.88. The van der Waals surface area contributed by atoms with E-state index in [2.05, 4.69) is 30.5 Å². The lowest BCUT2D eigenvalue weighted by Gasteiger charge is -2.04. The molecule has 2 heterocycles. The molecule has 0 bridgehead atoms. The van der Waals surface area contributed by atoms with Gasteiger partial charge in [-0.05, 0) is 35.0 Å². The molecule has 0 aliphatic carbocycles. The monoisotopic (exact) mass is 316 g/mol. The van der Waals surface area contributed by atoms with Crippen LogP contribution in [0.2, 0.25) is 0 Å². The second-order valence-corrected chi connectivity index (χ2v) is 4.60.